The molecule has 1 N–H and O–H groups in total. The normalized spacial score (nSPS) is 14.0. The van der Waals surface area contributed by atoms with Crippen LogP contribution < -0.4 is 0 Å². The Labute approximate surface area is 130 Å². The minimum atomic E-state index is 0.177. The Kier molecular flexibility index (Phi) is 10.2. The Morgan fingerprint density at radius 2 is 1.81 bits per heavy atom. The van der Waals surface area contributed by atoms with Gasteiger partial charge < -0.3 is 9.84 Å². The van der Waals surface area contributed by atoms with Gasteiger partial charge in [-0.3, -0.25) is 0 Å². The molecule has 0 aliphatic rings. The summed E-state index contributed by atoms with van der Waals surface area (Å²) in [6.45, 7) is 5.41. The van der Waals surface area contributed by atoms with Crippen molar-refractivity contribution in [1.82, 2.24) is 0 Å². The van der Waals surface area contributed by atoms with Crippen molar-refractivity contribution < 1.29 is 9.84 Å². The molecular formula is C19H32O2. The molecule has 0 fully saturated rings. The molecule has 0 unspecified atom stereocenters. The Morgan fingerprint density at radius 1 is 1.05 bits per heavy atom. The summed E-state index contributed by atoms with van der Waals surface area (Å²) < 4.78 is 6.01. The van der Waals surface area contributed by atoms with E-state index < -0.39 is 0 Å². The number of benzene rings is 1. The van der Waals surface area contributed by atoms with Crippen molar-refractivity contribution in [2.24, 2.45) is 5.92 Å². The van der Waals surface area contributed by atoms with Crippen LogP contribution in [0.4, 0.5) is 0 Å². The maximum absolute atomic E-state index is 9.21. The molecule has 0 bridgehead atoms. The molecule has 0 amide bonds. The van der Waals surface area contributed by atoms with E-state index in [1.807, 2.05) is 18.2 Å². The van der Waals surface area contributed by atoms with Crippen LogP contribution in [0.1, 0.15) is 64.4 Å². The zero-order chi connectivity index (χ0) is 15.3. The molecule has 0 saturated heterocycles. The van der Waals surface area contributed by atoms with Gasteiger partial charge in [-0.25, -0.2) is 0 Å². The van der Waals surface area contributed by atoms with Crippen LogP contribution in [0.3, 0.4) is 0 Å². The summed E-state index contributed by atoms with van der Waals surface area (Å²) in [5.74, 6) is 0.675. The van der Waals surface area contributed by atoms with E-state index in [4.69, 9.17) is 4.74 Å². The molecule has 0 radical (unpaired) electrons. The molecule has 2 nitrogen and oxygen atoms in total. The van der Waals surface area contributed by atoms with Gasteiger partial charge in [0.05, 0.1) is 12.7 Å². The molecule has 0 spiro atoms. The van der Waals surface area contributed by atoms with Gasteiger partial charge in [0.15, 0.2) is 0 Å². The molecule has 1 rings (SSSR count). The first kappa shape index (κ1) is 18.2. The average Bonchev–Trinajstić information content (AvgIpc) is 2.50. The third-order valence-corrected chi connectivity index (χ3v) is 4.00. The highest BCUT2D eigenvalue weighted by Crippen LogP contribution is 2.19. The number of aliphatic hydroxyl groups is 1. The second kappa shape index (κ2) is 11.8. The standard InChI is InChI=1S/C19H32O2/c1-3-4-5-7-10-17(2)15-19(13-14-20)21-16-18-11-8-6-9-12-18/h6,8-9,11-12,17,19-20H,3-5,7,10,13-16H2,1-2H3/t17-,19+/m0/s1. The van der Waals surface area contributed by atoms with Crippen molar-refractivity contribution in [1.29, 1.82) is 0 Å². The highest BCUT2D eigenvalue weighted by atomic mass is 16.5. The predicted molar refractivity (Wildman–Crippen MR) is 89.3 cm³/mol. The molecular weight excluding hydrogens is 260 g/mol. The largest absolute Gasteiger partial charge is 0.396 e. The average molecular weight is 292 g/mol. The van der Waals surface area contributed by atoms with E-state index in [0.717, 1.165) is 12.8 Å². The van der Waals surface area contributed by atoms with Crippen molar-refractivity contribution in [3.8, 4) is 0 Å². The first-order valence-corrected chi connectivity index (χ1v) is 8.52. The lowest BCUT2D eigenvalue weighted by atomic mass is 9.95. The zero-order valence-electron chi connectivity index (χ0n) is 13.8. The molecule has 0 aliphatic carbocycles. The highest BCUT2D eigenvalue weighted by Gasteiger charge is 2.13. The lowest BCUT2D eigenvalue weighted by Gasteiger charge is -2.21. The quantitative estimate of drug-likeness (QED) is 0.552. The number of rotatable bonds is 12. The Morgan fingerprint density at radius 3 is 2.48 bits per heavy atom. The monoisotopic (exact) mass is 292 g/mol. The number of ether oxygens (including phenoxy) is 1. The minimum absolute atomic E-state index is 0.177. The third kappa shape index (κ3) is 8.90. The van der Waals surface area contributed by atoms with Gasteiger partial charge in [-0.15, -0.1) is 0 Å². The van der Waals surface area contributed by atoms with Crippen LogP contribution in [-0.2, 0) is 11.3 Å². The topological polar surface area (TPSA) is 29.5 Å². The molecule has 1 aromatic carbocycles. The smallest absolute Gasteiger partial charge is 0.0720 e. The first-order valence-electron chi connectivity index (χ1n) is 8.52. The van der Waals surface area contributed by atoms with Crippen molar-refractivity contribution in [3.63, 3.8) is 0 Å². The van der Waals surface area contributed by atoms with E-state index in [-0.39, 0.29) is 12.7 Å². The van der Waals surface area contributed by atoms with Gasteiger partial charge >= 0.3 is 0 Å². The molecule has 2 heteroatoms. The predicted octanol–water partition coefficient (Wildman–Crippen LogP) is 4.95. The Hall–Kier alpha value is -0.860. The van der Waals surface area contributed by atoms with E-state index in [9.17, 15) is 5.11 Å². The summed E-state index contributed by atoms with van der Waals surface area (Å²) in [7, 11) is 0. The van der Waals surface area contributed by atoms with Crippen LogP contribution >= 0.6 is 0 Å². The summed E-state index contributed by atoms with van der Waals surface area (Å²) in [4.78, 5) is 0. The van der Waals surface area contributed by atoms with Gasteiger partial charge in [0.2, 0.25) is 0 Å². The number of aliphatic hydroxyl groups excluding tert-OH is 1. The SMILES string of the molecule is CCCCCC[C@H](C)C[C@@H](CCO)OCc1ccccc1. The lowest BCUT2D eigenvalue weighted by molar-refractivity contribution is 0.00955. The van der Waals surface area contributed by atoms with E-state index in [0.29, 0.717) is 12.5 Å². The van der Waals surface area contributed by atoms with Gasteiger partial charge in [0.1, 0.15) is 0 Å². The van der Waals surface area contributed by atoms with E-state index in [2.05, 4.69) is 26.0 Å². The summed E-state index contributed by atoms with van der Waals surface area (Å²) >= 11 is 0. The van der Waals surface area contributed by atoms with Crippen LogP contribution in [0.2, 0.25) is 0 Å². The molecule has 0 aliphatic heterocycles. The Bertz CT molecular complexity index is 337. The van der Waals surface area contributed by atoms with Gasteiger partial charge in [-0.2, -0.15) is 0 Å². The number of hydrogen-bond acceptors (Lipinski definition) is 2. The van der Waals surface area contributed by atoms with Crippen LogP contribution in [0.25, 0.3) is 0 Å². The summed E-state index contributed by atoms with van der Waals surface area (Å²) in [6.07, 6.45) is 8.55. The molecule has 1 aromatic rings. The zero-order valence-corrected chi connectivity index (χ0v) is 13.8. The van der Waals surface area contributed by atoms with Crippen LogP contribution in [-0.4, -0.2) is 17.8 Å². The number of hydrogen-bond donors (Lipinski definition) is 1. The van der Waals surface area contributed by atoms with Crippen molar-refractivity contribution in [3.05, 3.63) is 35.9 Å². The molecule has 21 heavy (non-hydrogen) atoms. The molecule has 0 saturated carbocycles. The summed E-state index contributed by atoms with van der Waals surface area (Å²) in [5.41, 5.74) is 1.20. The Balaban J connectivity index is 2.28. The summed E-state index contributed by atoms with van der Waals surface area (Å²) in [6, 6.07) is 10.3. The van der Waals surface area contributed by atoms with Gasteiger partial charge in [0.25, 0.3) is 0 Å². The fourth-order valence-corrected chi connectivity index (χ4v) is 2.69. The first-order chi connectivity index (χ1) is 10.3. The lowest BCUT2D eigenvalue weighted by Crippen LogP contribution is -2.18. The van der Waals surface area contributed by atoms with E-state index in [1.165, 1.54) is 37.7 Å². The van der Waals surface area contributed by atoms with Crippen molar-refractivity contribution in [2.45, 2.75) is 71.5 Å². The second-order valence-corrected chi connectivity index (χ2v) is 6.12. The van der Waals surface area contributed by atoms with Crippen molar-refractivity contribution in [2.75, 3.05) is 6.61 Å². The molecule has 120 valence electrons. The second-order valence-electron chi connectivity index (χ2n) is 6.12. The number of unbranched alkanes of at least 4 members (excludes halogenated alkanes) is 3. The maximum Gasteiger partial charge on any atom is 0.0720 e. The van der Waals surface area contributed by atoms with E-state index >= 15 is 0 Å². The minimum Gasteiger partial charge on any atom is -0.396 e. The molecule has 0 aromatic heterocycles. The van der Waals surface area contributed by atoms with Gasteiger partial charge in [-0.1, -0.05) is 76.3 Å². The van der Waals surface area contributed by atoms with Crippen molar-refractivity contribution >= 4 is 0 Å². The maximum atomic E-state index is 9.21. The summed E-state index contributed by atoms with van der Waals surface area (Å²) in [5, 5.41) is 9.21. The van der Waals surface area contributed by atoms with Crippen LogP contribution in [0.15, 0.2) is 30.3 Å². The van der Waals surface area contributed by atoms with Gasteiger partial charge in [0, 0.05) is 6.61 Å². The third-order valence-electron chi connectivity index (χ3n) is 4.00. The fourth-order valence-electron chi connectivity index (χ4n) is 2.69. The molecule has 0 heterocycles. The molecule has 2 atom stereocenters. The fraction of sp³-hybridized carbons (Fsp3) is 0.684. The van der Waals surface area contributed by atoms with E-state index in [1.54, 1.807) is 0 Å². The highest BCUT2D eigenvalue weighted by molar-refractivity contribution is 5.13. The van der Waals surface area contributed by atoms with Gasteiger partial charge in [-0.05, 0) is 24.3 Å². The van der Waals surface area contributed by atoms with Crippen LogP contribution in [0.5, 0.6) is 0 Å². The van der Waals surface area contributed by atoms with Crippen LogP contribution in [0, 0.1) is 5.92 Å².